The van der Waals surface area contributed by atoms with Crippen LogP contribution in [0.3, 0.4) is 0 Å². The van der Waals surface area contributed by atoms with E-state index in [1.807, 2.05) is 12.1 Å². The minimum absolute atomic E-state index is 0.0332. The first-order chi connectivity index (χ1) is 12.6. The van der Waals surface area contributed by atoms with Gasteiger partial charge in [-0.15, -0.1) is 0 Å². The van der Waals surface area contributed by atoms with Crippen LogP contribution in [0, 0.1) is 16.0 Å². The Kier molecular flexibility index (Phi) is 3.95. The van der Waals surface area contributed by atoms with E-state index in [1.54, 1.807) is 18.2 Å². The van der Waals surface area contributed by atoms with Crippen molar-refractivity contribution in [1.29, 1.82) is 0 Å². The van der Waals surface area contributed by atoms with Crippen LogP contribution >= 0.6 is 0 Å². The van der Waals surface area contributed by atoms with E-state index < -0.39 is 4.92 Å². The molecule has 0 unspecified atom stereocenters. The van der Waals surface area contributed by atoms with E-state index in [4.69, 9.17) is 4.74 Å². The molecular weight excluding hydrogens is 332 g/mol. The Morgan fingerprint density at radius 1 is 1.23 bits per heavy atom. The van der Waals surface area contributed by atoms with E-state index in [-0.39, 0.29) is 23.6 Å². The Labute approximate surface area is 150 Å². The summed E-state index contributed by atoms with van der Waals surface area (Å²) in [4.78, 5) is 22.7. The average Bonchev–Trinajstić information content (AvgIpc) is 3.16. The van der Waals surface area contributed by atoms with Crippen LogP contribution in [0.25, 0.3) is 0 Å². The number of hydrogen-bond acceptors (Lipinski definition) is 5. The van der Waals surface area contributed by atoms with Crippen molar-refractivity contribution in [2.24, 2.45) is 5.92 Å². The molecule has 6 heteroatoms. The van der Waals surface area contributed by atoms with Crippen LogP contribution in [0.4, 0.5) is 11.4 Å². The first-order valence-electron chi connectivity index (χ1n) is 8.49. The Bertz CT molecular complexity index is 905. The second-order valence-corrected chi connectivity index (χ2v) is 6.59. The molecular formula is C20H18N2O4. The highest BCUT2D eigenvalue weighted by Crippen LogP contribution is 2.50. The van der Waals surface area contributed by atoms with Gasteiger partial charge in [0.05, 0.1) is 29.3 Å². The zero-order chi connectivity index (χ0) is 18.3. The fraction of sp³-hybridized carbons (Fsp3) is 0.250. The number of esters is 1. The summed E-state index contributed by atoms with van der Waals surface area (Å²) in [5.41, 5.74) is 3.43. The van der Waals surface area contributed by atoms with Gasteiger partial charge >= 0.3 is 5.97 Å². The molecule has 0 fully saturated rings. The molecule has 26 heavy (non-hydrogen) atoms. The van der Waals surface area contributed by atoms with Crippen LogP contribution in [0.5, 0.6) is 0 Å². The second-order valence-electron chi connectivity index (χ2n) is 6.59. The highest BCUT2D eigenvalue weighted by atomic mass is 16.6. The highest BCUT2D eigenvalue weighted by molar-refractivity contribution is 5.97. The van der Waals surface area contributed by atoms with Crippen LogP contribution in [0.15, 0.2) is 54.6 Å². The lowest BCUT2D eigenvalue weighted by Gasteiger charge is -2.38. The Hall–Kier alpha value is -3.15. The number of allylic oxidation sites excluding steroid dienone is 2. The van der Waals surface area contributed by atoms with Crippen LogP contribution in [0.1, 0.15) is 39.9 Å². The third-order valence-corrected chi connectivity index (χ3v) is 5.27. The molecule has 1 aliphatic heterocycles. The maximum atomic E-state index is 12.2. The predicted octanol–water partition coefficient (Wildman–Crippen LogP) is 4.21. The standard InChI is InChI=1S/C20H18N2O4/c1-26-20(23)17-7-3-6-16-14-4-2-5-15(14)18(21-19(16)17)12-8-10-13(11-9-12)22(24)25/h2-4,6-11,14-15,18,21H,5H2,1H3/t14-,15-,18-/m1/s1. The number of para-hydroxylation sites is 1. The van der Waals surface area contributed by atoms with Crippen LogP contribution < -0.4 is 5.32 Å². The number of carbonyl (C=O) groups excluding carboxylic acids is 1. The van der Waals surface area contributed by atoms with Gasteiger partial charge in [-0.1, -0.05) is 36.4 Å². The number of nitro benzene ring substituents is 1. The van der Waals surface area contributed by atoms with Crippen molar-refractivity contribution in [2.45, 2.75) is 18.4 Å². The molecule has 2 aromatic carbocycles. The van der Waals surface area contributed by atoms with Gasteiger partial charge < -0.3 is 10.1 Å². The number of carbonyl (C=O) groups is 1. The van der Waals surface area contributed by atoms with Gasteiger partial charge in [-0.2, -0.15) is 0 Å². The Morgan fingerprint density at radius 2 is 2.00 bits per heavy atom. The van der Waals surface area contributed by atoms with Gasteiger partial charge in [-0.3, -0.25) is 10.1 Å². The summed E-state index contributed by atoms with van der Waals surface area (Å²) in [6.07, 6.45) is 5.26. The first kappa shape index (κ1) is 16.3. The van der Waals surface area contributed by atoms with E-state index in [2.05, 4.69) is 17.5 Å². The monoisotopic (exact) mass is 350 g/mol. The molecule has 6 nitrogen and oxygen atoms in total. The molecule has 0 amide bonds. The predicted molar refractivity (Wildman–Crippen MR) is 97.2 cm³/mol. The quantitative estimate of drug-likeness (QED) is 0.388. The largest absolute Gasteiger partial charge is 0.465 e. The summed E-state index contributed by atoms with van der Waals surface area (Å²) in [7, 11) is 1.37. The van der Waals surface area contributed by atoms with Gasteiger partial charge in [0, 0.05) is 18.1 Å². The van der Waals surface area contributed by atoms with Crippen molar-refractivity contribution in [3.63, 3.8) is 0 Å². The molecule has 0 aromatic heterocycles. The van der Waals surface area contributed by atoms with Gasteiger partial charge in [-0.05, 0) is 29.5 Å². The number of fused-ring (bicyclic) bond motifs is 3. The van der Waals surface area contributed by atoms with Crippen LogP contribution in [-0.4, -0.2) is 18.0 Å². The van der Waals surface area contributed by atoms with E-state index >= 15 is 0 Å². The molecule has 4 rings (SSSR count). The lowest BCUT2D eigenvalue weighted by atomic mass is 9.76. The lowest BCUT2D eigenvalue weighted by molar-refractivity contribution is -0.384. The maximum Gasteiger partial charge on any atom is 0.339 e. The normalized spacial score (nSPS) is 22.9. The fourth-order valence-corrected chi connectivity index (χ4v) is 4.03. The van der Waals surface area contributed by atoms with Gasteiger partial charge in [0.15, 0.2) is 0 Å². The van der Waals surface area contributed by atoms with Crippen molar-refractivity contribution in [3.8, 4) is 0 Å². The number of ether oxygens (including phenoxy) is 1. The zero-order valence-corrected chi connectivity index (χ0v) is 14.2. The average molecular weight is 350 g/mol. The first-order valence-corrected chi connectivity index (χ1v) is 8.49. The number of nitro groups is 1. The number of nitrogens with zero attached hydrogens (tertiary/aromatic N) is 1. The number of hydrogen-bond donors (Lipinski definition) is 1. The van der Waals surface area contributed by atoms with Gasteiger partial charge in [0.25, 0.3) is 5.69 Å². The smallest absolute Gasteiger partial charge is 0.339 e. The highest BCUT2D eigenvalue weighted by Gasteiger charge is 2.39. The number of nitrogens with one attached hydrogen (secondary N) is 1. The van der Waals surface area contributed by atoms with Crippen molar-refractivity contribution < 1.29 is 14.5 Å². The molecule has 2 aliphatic rings. The molecule has 0 bridgehead atoms. The molecule has 132 valence electrons. The summed E-state index contributed by atoms with van der Waals surface area (Å²) in [5.74, 6) is 0.130. The second kappa shape index (κ2) is 6.29. The third-order valence-electron chi connectivity index (χ3n) is 5.27. The van der Waals surface area contributed by atoms with E-state index in [0.29, 0.717) is 11.5 Å². The molecule has 0 radical (unpaired) electrons. The van der Waals surface area contributed by atoms with Gasteiger partial charge in [-0.25, -0.2) is 4.79 Å². The summed E-state index contributed by atoms with van der Waals surface area (Å²) >= 11 is 0. The SMILES string of the molecule is COC(=O)c1cccc2c1N[C@H](c1ccc([N+](=O)[O-])cc1)[C@@H]1CC=C[C@@H]21. The topological polar surface area (TPSA) is 81.5 Å². The summed E-state index contributed by atoms with van der Waals surface area (Å²) in [6, 6.07) is 12.3. The number of methoxy groups -OCH3 is 1. The Balaban J connectivity index is 1.78. The molecule has 2 aromatic rings. The molecule has 0 saturated heterocycles. The molecule has 0 saturated carbocycles. The van der Waals surface area contributed by atoms with Crippen molar-refractivity contribution in [2.75, 3.05) is 12.4 Å². The van der Waals surface area contributed by atoms with Gasteiger partial charge in [0.1, 0.15) is 0 Å². The minimum atomic E-state index is -0.400. The zero-order valence-electron chi connectivity index (χ0n) is 14.2. The van der Waals surface area contributed by atoms with Crippen LogP contribution in [0.2, 0.25) is 0 Å². The van der Waals surface area contributed by atoms with Crippen molar-refractivity contribution >= 4 is 17.3 Å². The number of benzene rings is 2. The molecule has 1 heterocycles. The van der Waals surface area contributed by atoms with E-state index in [0.717, 1.165) is 23.2 Å². The van der Waals surface area contributed by atoms with Gasteiger partial charge in [0.2, 0.25) is 0 Å². The number of rotatable bonds is 3. The van der Waals surface area contributed by atoms with Crippen molar-refractivity contribution in [3.05, 3.63) is 81.4 Å². The number of anilines is 1. The molecule has 0 spiro atoms. The maximum absolute atomic E-state index is 12.2. The molecule has 3 atom stereocenters. The fourth-order valence-electron chi connectivity index (χ4n) is 4.03. The minimum Gasteiger partial charge on any atom is -0.465 e. The van der Waals surface area contributed by atoms with E-state index in [1.165, 1.54) is 19.2 Å². The lowest BCUT2D eigenvalue weighted by Crippen LogP contribution is -2.30. The number of non-ortho nitro benzene ring substituents is 1. The van der Waals surface area contributed by atoms with E-state index in [9.17, 15) is 14.9 Å². The van der Waals surface area contributed by atoms with Crippen molar-refractivity contribution in [1.82, 2.24) is 0 Å². The third kappa shape index (κ3) is 2.54. The molecule has 1 aliphatic carbocycles. The summed E-state index contributed by atoms with van der Waals surface area (Å²) < 4.78 is 4.92. The Morgan fingerprint density at radius 3 is 2.69 bits per heavy atom. The molecule has 1 N–H and O–H groups in total. The summed E-state index contributed by atoms with van der Waals surface area (Å²) in [5, 5.41) is 14.4. The van der Waals surface area contributed by atoms with Crippen LogP contribution in [-0.2, 0) is 4.74 Å². The summed E-state index contributed by atoms with van der Waals surface area (Å²) in [6.45, 7) is 0.